The van der Waals surface area contributed by atoms with E-state index < -0.39 is 11.4 Å². The summed E-state index contributed by atoms with van der Waals surface area (Å²) in [6.45, 7) is 3.28. The average molecular weight is 252 g/mol. The van der Waals surface area contributed by atoms with Crippen molar-refractivity contribution in [3.8, 4) is 0 Å². The number of aromatic nitrogens is 2. The molecule has 0 radical (unpaired) electrons. The van der Waals surface area contributed by atoms with Gasteiger partial charge in [0.2, 0.25) is 0 Å². The molecule has 0 aromatic carbocycles. The molecular weight excluding hydrogens is 240 g/mol. The van der Waals surface area contributed by atoms with Crippen LogP contribution in [0.4, 0.5) is 0 Å². The lowest BCUT2D eigenvalue weighted by Crippen LogP contribution is -2.33. The van der Waals surface area contributed by atoms with Crippen LogP contribution >= 0.6 is 11.3 Å². The van der Waals surface area contributed by atoms with Gasteiger partial charge >= 0.3 is 5.97 Å². The SMILES string of the molecule is CC(C)(Cn1cnc2ccsc2c1=O)C(=O)O. The van der Waals surface area contributed by atoms with Crippen LogP contribution in [0.2, 0.25) is 0 Å². The minimum atomic E-state index is -0.990. The molecule has 0 aliphatic carbocycles. The van der Waals surface area contributed by atoms with E-state index in [-0.39, 0.29) is 12.1 Å². The van der Waals surface area contributed by atoms with E-state index in [0.29, 0.717) is 10.2 Å². The summed E-state index contributed by atoms with van der Waals surface area (Å²) in [5, 5.41) is 10.8. The highest BCUT2D eigenvalue weighted by molar-refractivity contribution is 7.17. The number of hydrogen-bond acceptors (Lipinski definition) is 4. The van der Waals surface area contributed by atoms with Gasteiger partial charge in [-0.15, -0.1) is 11.3 Å². The number of hydrogen-bond donors (Lipinski definition) is 1. The number of aliphatic carboxylic acids is 1. The summed E-state index contributed by atoms with van der Waals surface area (Å²) in [4.78, 5) is 27.2. The zero-order valence-corrected chi connectivity index (χ0v) is 10.3. The highest BCUT2D eigenvalue weighted by atomic mass is 32.1. The van der Waals surface area contributed by atoms with Gasteiger partial charge in [-0.3, -0.25) is 14.2 Å². The number of carbonyl (C=O) groups is 1. The Hall–Kier alpha value is -1.69. The molecule has 0 atom stereocenters. The Balaban J connectivity index is 2.47. The summed E-state index contributed by atoms with van der Waals surface area (Å²) in [7, 11) is 0. The number of carboxylic acid groups (broad SMARTS) is 1. The van der Waals surface area contributed by atoms with Crippen molar-refractivity contribution in [1.29, 1.82) is 0 Å². The summed E-state index contributed by atoms with van der Waals surface area (Å²) < 4.78 is 1.92. The minimum absolute atomic E-state index is 0.113. The van der Waals surface area contributed by atoms with Crippen molar-refractivity contribution in [2.75, 3.05) is 0 Å². The van der Waals surface area contributed by atoms with Crippen LogP contribution in [0.3, 0.4) is 0 Å². The first-order chi connectivity index (χ1) is 7.92. The van der Waals surface area contributed by atoms with Crippen LogP contribution in [-0.2, 0) is 11.3 Å². The lowest BCUT2D eigenvalue weighted by molar-refractivity contribution is -0.147. The van der Waals surface area contributed by atoms with Crippen molar-refractivity contribution in [2.24, 2.45) is 5.41 Å². The first-order valence-electron chi connectivity index (χ1n) is 5.08. The molecule has 0 fully saturated rings. The van der Waals surface area contributed by atoms with E-state index in [2.05, 4.69) is 4.98 Å². The maximum atomic E-state index is 12.0. The Morgan fingerprint density at radius 1 is 1.59 bits per heavy atom. The average Bonchev–Trinajstić information content (AvgIpc) is 2.70. The van der Waals surface area contributed by atoms with Crippen LogP contribution in [0.1, 0.15) is 13.8 Å². The first kappa shape index (κ1) is 11.8. The maximum Gasteiger partial charge on any atom is 0.310 e. The predicted molar refractivity (Wildman–Crippen MR) is 65.3 cm³/mol. The normalized spacial score (nSPS) is 11.9. The molecular formula is C11H12N2O3S. The van der Waals surface area contributed by atoms with Crippen molar-refractivity contribution in [1.82, 2.24) is 9.55 Å². The molecule has 17 heavy (non-hydrogen) atoms. The van der Waals surface area contributed by atoms with Gasteiger partial charge in [0.1, 0.15) is 4.70 Å². The lowest BCUT2D eigenvalue weighted by atomic mass is 9.94. The Labute approximate surface area is 101 Å². The molecule has 0 saturated carbocycles. The molecule has 0 amide bonds. The molecule has 2 rings (SSSR count). The fourth-order valence-electron chi connectivity index (χ4n) is 1.49. The molecule has 0 bridgehead atoms. The molecule has 90 valence electrons. The fraction of sp³-hybridized carbons (Fsp3) is 0.364. The van der Waals surface area contributed by atoms with Gasteiger partial charge in [0, 0.05) is 6.54 Å². The van der Waals surface area contributed by atoms with Crippen molar-refractivity contribution in [3.05, 3.63) is 28.1 Å². The summed E-state index contributed by atoms with van der Waals surface area (Å²) in [5.41, 5.74) is -0.514. The molecule has 0 aliphatic heterocycles. The Morgan fingerprint density at radius 2 is 2.29 bits per heavy atom. The van der Waals surface area contributed by atoms with Crippen LogP contribution in [0.5, 0.6) is 0 Å². The van der Waals surface area contributed by atoms with Gasteiger partial charge in [-0.05, 0) is 25.3 Å². The number of fused-ring (bicyclic) bond motifs is 1. The third-order valence-electron chi connectivity index (χ3n) is 2.58. The van der Waals surface area contributed by atoms with Gasteiger partial charge in [0.25, 0.3) is 5.56 Å². The second kappa shape index (κ2) is 3.96. The van der Waals surface area contributed by atoms with Gasteiger partial charge in [-0.25, -0.2) is 4.98 Å². The van der Waals surface area contributed by atoms with Crippen molar-refractivity contribution in [3.63, 3.8) is 0 Å². The van der Waals surface area contributed by atoms with Crippen LogP contribution < -0.4 is 5.56 Å². The van der Waals surface area contributed by atoms with E-state index in [1.165, 1.54) is 22.2 Å². The number of thiophene rings is 1. The van der Waals surface area contributed by atoms with E-state index in [0.717, 1.165) is 0 Å². The van der Waals surface area contributed by atoms with Crippen molar-refractivity contribution >= 4 is 27.5 Å². The second-order valence-electron chi connectivity index (χ2n) is 4.50. The molecule has 2 heterocycles. The Kier molecular flexibility index (Phi) is 2.74. The van der Waals surface area contributed by atoms with Crippen LogP contribution in [-0.4, -0.2) is 20.6 Å². The first-order valence-corrected chi connectivity index (χ1v) is 5.96. The third-order valence-corrected chi connectivity index (χ3v) is 3.47. The fourth-order valence-corrected chi connectivity index (χ4v) is 2.28. The quantitative estimate of drug-likeness (QED) is 0.900. The topological polar surface area (TPSA) is 72.2 Å². The van der Waals surface area contributed by atoms with E-state index in [9.17, 15) is 9.59 Å². The smallest absolute Gasteiger partial charge is 0.310 e. The summed E-state index contributed by atoms with van der Waals surface area (Å²) >= 11 is 1.32. The van der Waals surface area contributed by atoms with Gasteiger partial charge in [0.15, 0.2) is 0 Å². The molecule has 0 saturated heterocycles. The third kappa shape index (κ3) is 2.08. The Bertz CT molecular complexity index is 627. The number of carboxylic acids is 1. The van der Waals surface area contributed by atoms with Crippen LogP contribution in [0, 0.1) is 5.41 Å². The van der Waals surface area contributed by atoms with Crippen molar-refractivity contribution < 1.29 is 9.90 Å². The van der Waals surface area contributed by atoms with E-state index in [1.807, 2.05) is 0 Å². The van der Waals surface area contributed by atoms with E-state index in [1.54, 1.807) is 25.3 Å². The zero-order valence-electron chi connectivity index (χ0n) is 9.51. The summed E-state index contributed by atoms with van der Waals surface area (Å²) in [6, 6.07) is 1.77. The van der Waals surface area contributed by atoms with Gasteiger partial charge < -0.3 is 5.11 Å². The highest BCUT2D eigenvalue weighted by Gasteiger charge is 2.28. The van der Waals surface area contributed by atoms with Crippen LogP contribution in [0.15, 0.2) is 22.6 Å². The van der Waals surface area contributed by atoms with Crippen molar-refractivity contribution in [2.45, 2.75) is 20.4 Å². The number of rotatable bonds is 3. The standard InChI is InChI=1S/C11H12N2O3S/c1-11(2,10(15)16)5-13-6-12-7-3-4-17-8(7)9(13)14/h3-4,6H,5H2,1-2H3,(H,15,16). The molecule has 2 aromatic rings. The summed E-state index contributed by atoms with van der Waals surface area (Å²) in [6.07, 6.45) is 1.40. The van der Waals surface area contributed by atoms with Gasteiger partial charge in [-0.1, -0.05) is 0 Å². The Morgan fingerprint density at radius 3 is 2.94 bits per heavy atom. The maximum absolute atomic E-state index is 12.0. The predicted octanol–water partition coefficient (Wildman–Crippen LogP) is 1.57. The van der Waals surface area contributed by atoms with Gasteiger partial charge in [0.05, 0.1) is 17.3 Å². The lowest BCUT2D eigenvalue weighted by Gasteiger charge is -2.19. The second-order valence-corrected chi connectivity index (χ2v) is 5.42. The molecule has 0 unspecified atom stereocenters. The molecule has 0 aliphatic rings. The molecule has 5 nitrogen and oxygen atoms in total. The minimum Gasteiger partial charge on any atom is -0.481 e. The highest BCUT2D eigenvalue weighted by Crippen LogP contribution is 2.19. The van der Waals surface area contributed by atoms with Crippen LogP contribution in [0.25, 0.3) is 10.2 Å². The number of nitrogens with zero attached hydrogens (tertiary/aromatic N) is 2. The molecule has 2 aromatic heterocycles. The zero-order chi connectivity index (χ0) is 12.6. The van der Waals surface area contributed by atoms with E-state index in [4.69, 9.17) is 5.11 Å². The summed E-state index contributed by atoms with van der Waals surface area (Å²) in [5.74, 6) is -0.935. The molecule has 6 heteroatoms. The van der Waals surface area contributed by atoms with Gasteiger partial charge in [-0.2, -0.15) is 0 Å². The monoisotopic (exact) mass is 252 g/mol. The van der Waals surface area contributed by atoms with E-state index >= 15 is 0 Å². The molecule has 1 N–H and O–H groups in total. The largest absolute Gasteiger partial charge is 0.481 e. The molecule has 0 spiro atoms.